The quantitative estimate of drug-likeness (QED) is 0.833. The van der Waals surface area contributed by atoms with Crippen molar-refractivity contribution in [2.45, 2.75) is 18.7 Å². The van der Waals surface area contributed by atoms with Crippen LogP contribution < -0.4 is 5.32 Å². The number of benzene rings is 1. The summed E-state index contributed by atoms with van der Waals surface area (Å²) in [5.41, 5.74) is 0.973. The zero-order valence-corrected chi connectivity index (χ0v) is 12.0. The molecule has 1 atom stereocenters. The number of carbonyl (C=O) groups is 3. The van der Waals surface area contributed by atoms with E-state index in [0.717, 1.165) is 10.5 Å². The van der Waals surface area contributed by atoms with Gasteiger partial charge in [0.05, 0.1) is 11.0 Å². The van der Waals surface area contributed by atoms with E-state index in [1.165, 1.54) is 11.8 Å². The van der Waals surface area contributed by atoms with Gasteiger partial charge >= 0.3 is 0 Å². The number of amides is 3. The van der Waals surface area contributed by atoms with Crippen molar-refractivity contribution in [3.63, 3.8) is 0 Å². The second-order valence-corrected chi connectivity index (χ2v) is 5.86. The van der Waals surface area contributed by atoms with Gasteiger partial charge in [0.25, 0.3) is 0 Å². The number of nitrogens with one attached hydrogen (secondary N) is 1. The summed E-state index contributed by atoms with van der Waals surface area (Å²) in [6, 6.07) is 9.47. The van der Waals surface area contributed by atoms with E-state index < -0.39 is 0 Å². The molecular formula is C14H16N2O3S. The second-order valence-electron chi connectivity index (χ2n) is 4.53. The molecule has 0 bridgehead atoms. The molecule has 5 nitrogen and oxygen atoms in total. The topological polar surface area (TPSA) is 66.5 Å². The van der Waals surface area contributed by atoms with Gasteiger partial charge in [0.15, 0.2) is 0 Å². The van der Waals surface area contributed by atoms with E-state index in [9.17, 15) is 14.4 Å². The van der Waals surface area contributed by atoms with E-state index in [2.05, 4.69) is 5.32 Å². The number of carbonyl (C=O) groups excluding carboxylic acids is 3. The summed E-state index contributed by atoms with van der Waals surface area (Å²) >= 11 is 1.30. The van der Waals surface area contributed by atoms with E-state index in [1.54, 1.807) is 6.92 Å². The summed E-state index contributed by atoms with van der Waals surface area (Å²) in [6.45, 7) is 1.93. The summed E-state index contributed by atoms with van der Waals surface area (Å²) in [5.74, 6) is -0.664. The summed E-state index contributed by atoms with van der Waals surface area (Å²) in [4.78, 5) is 36.4. The number of hydrogen-bond donors (Lipinski definition) is 1. The largest absolute Gasteiger partial charge is 0.350 e. The molecule has 2 rings (SSSR count). The van der Waals surface area contributed by atoms with Crippen LogP contribution in [0.3, 0.4) is 0 Å². The summed E-state index contributed by atoms with van der Waals surface area (Å²) in [5, 5.41) is 2.44. The zero-order chi connectivity index (χ0) is 14.5. The maximum Gasteiger partial charge on any atom is 0.242 e. The number of imide groups is 1. The Morgan fingerprint density at radius 3 is 2.75 bits per heavy atom. The van der Waals surface area contributed by atoms with Crippen LogP contribution in [0.4, 0.5) is 0 Å². The predicted octanol–water partition coefficient (Wildman–Crippen LogP) is 0.793. The van der Waals surface area contributed by atoms with Crippen molar-refractivity contribution in [1.29, 1.82) is 0 Å². The van der Waals surface area contributed by atoms with Gasteiger partial charge in [0.2, 0.25) is 17.7 Å². The van der Waals surface area contributed by atoms with Crippen molar-refractivity contribution >= 4 is 29.5 Å². The van der Waals surface area contributed by atoms with Gasteiger partial charge in [-0.25, -0.2) is 0 Å². The molecule has 0 aliphatic carbocycles. The first kappa shape index (κ1) is 14.6. The fraction of sp³-hybridized carbons (Fsp3) is 0.357. The lowest BCUT2D eigenvalue weighted by Crippen LogP contribution is -2.50. The lowest BCUT2D eigenvalue weighted by molar-refractivity contribution is -0.146. The molecule has 20 heavy (non-hydrogen) atoms. The highest BCUT2D eigenvalue weighted by atomic mass is 32.2. The summed E-state index contributed by atoms with van der Waals surface area (Å²) in [7, 11) is 0. The minimum absolute atomic E-state index is 0.199. The van der Waals surface area contributed by atoms with E-state index in [0.29, 0.717) is 6.54 Å². The minimum atomic E-state index is -0.324. The van der Waals surface area contributed by atoms with Crippen LogP contribution in [-0.4, -0.2) is 40.2 Å². The van der Waals surface area contributed by atoms with Crippen LogP contribution in [0.1, 0.15) is 12.5 Å². The van der Waals surface area contributed by atoms with Crippen molar-refractivity contribution in [3.8, 4) is 0 Å². The summed E-state index contributed by atoms with van der Waals surface area (Å²) in [6.07, 6.45) is 0. The molecule has 1 aromatic rings. The predicted molar refractivity (Wildman–Crippen MR) is 76.9 cm³/mol. The van der Waals surface area contributed by atoms with Gasteiger partial charge in [0, 0.05) is 6.54 Å². The van der Waals surface area contributed by atoms with Crippen LogP contribution in [0, 0.1) is 0 Å². The molecule has 0 saturated carbocycles. The summed E-state index contributed by atoms with van der Waals surface area (Å²) < 4.78 is 0. The maximum atomic E-state index is 11.8. The minimum Gasteiger partial charge on any atom is -0.350 e. The fourth-order valence-electron chi connectivity index (χ4n) is 1.85. The Morgan fingerprint density at radius 1 is 1.35 bits per heavy atom. The standard InChI is InChI=1S/C14H16N2O3S/c1-10-14(19)16(13(18)9-20-10)8-12(17)15-7-11-5-3-2-4-6-11/h2-6,10H,7-9H2,1H3,(H,15,17)/t10-/m1/s1. The molecule has 0 unspecified atom stereocenters. The van der Waals surface area contributed by atoms with Crippen molar-refractivity contribution in [2.24, 2.45) is 0 Å². The van der Waals surface area contributed by atoms with Gasteiger partial charge < -0.3 is 5.32 Å². The smallest absolute Gasteiger partial charge is 0.242 e. The molecule has 1 aliphatic heterocycles. The first-order chi connectivity index (χ1) is 9.58. The first-order valence-corrected chi connectivity index (χ1v) is 7.39. The number of thioether (sulfide) groups is 1. The molecule has 1 aromatic carbocycles. The molecule has 1 heterocycles. The van der Waals surface area contributed by atoms with Gasteiger partial charge in [-0.3, -0.25) is 19.3 Å². The Kier molecular flexibility index (Phi) is 4.79. The molecule has 0 spiro atoms. The van der Waals surface area contributed by atoms with Crippen molar-refractivity contribution in [3.05, 3.63) is 35.9 Å². The van der Waals surface area contributed by atoms with Gasteiger partial charge in [-0.1, -0.05) is 30.3 Å². The Balaban J connectivity index is 1.87. The lowest BCUT2D eigenvalue weighted by Gasteiger charge is -2.27. The van der Waals surface area contributed by atoms with E-state index in [1.807, 2.05) is 30.3 Å². The highest BCUT2D eigenvalue weighted by molar-refractivity contribution is 8.01. The van der Waals surface area contributed by atoms with Crippen molar-refractivity contribution in [1.82, 2.24) is 10.2 Å². The van der Waals surface area contributed by atoms with Crippen molar-refractivity contribution in [2.75, 3.05) is 12.3 Å². The highest BCUT2D eigenvalue weighted by Gasteiger charge is 2.33. The van der Waals surface area contributed by atoms with Gasteiger partial charge in [0.1, 0.15) is 6.54 Å². The second kappa shape index (κ2) is 6.56. The van der Waals surface area contributed by atoms with Crippen LogP contribution in [0.15, 0.2) is 30.3 Å². The van der Waals surface area contributed by atoms with Gasteiger partial charge in [-0.05, 0) is 12.5 Å². The molecule has 0 radical (unpaired) electrons. The third-order valence-electron chi connectivity index (χ3n) is 3.01. The van der Waals surface area contributed by atoms with Crippen molar-refractivity contribution < 1.29 is 14.4 Å². The Labute approximate surface area is 121 Å². The average Bonchev–Trinajstić information content (AvgIpc) is 2.46. The van der Waals surface area contributed by atoms with Gasteiger partial charge in [-0.2, -0.15) is 0 Å². The Morgan fingerprint density at radius 2 is 2.05 bits per heavy atom. The molecule has 1 fully saturated rings. The number of rotatable bonds is 4. The van der Waals surface area contributed by atoms with E-state index in [4.69, 9.17) is 0 Å². The average molecular weight is 292 g/mol. The molecule has 0 aromatic heterocycles. The zero-order valence-electron chi connectivity index (χ0n) is 11.2. The highest BCUT2D eigenvalue weighted by Crippen LogP contribution is 2.19. The fourth-order valence-corrected chi connectivity index (χ4v) is 2.67. The molecule has 1 aliphatic rings. The van der Waals surface area contributed by atoms with Crippen LogP contribution >= 0.6 is 11.8 Å². The molecule has 1 N–H and O–H groups in total. The number of hydrogen-bond acceptors (Lipinski definition) is 4. The third kappa shape index (κ3) is 3.60. The Hall–Kier alpha value is -1.82. The molecular weight excluding hydrogens is 276 g/mol. The third-order valence-corrected chi connectivity index (χ3v) is 4.12. The van der Waals surface area contributed by atoms with Crippen LogP contribution in [-0.2, 0) is 20.9 Å². The van der Waals surface area contributed by atoms with Crippen LogP contribution in [0.25, 0.3) is 0 Å². The molecule has 3 amide bonds. The van der Waals surface area contributed by atoms with Gasteiger partial charge in [-0.15, -0.1) is 11.8 Å². The maximum absolute atomic E-state index is 11.8. The normalized spacial score (nSPS) is 19.1. The van der Waals surface area contributed by atoms with Crippen LogP contribution in [0.5, 0.6) is 0 Å². The molecule has 1 saturated heterocycles. The number of nitrogens with zero attached hydrogens (tertiary/aromatic N) is 1. The van der Waals surface area contributed by atoms with E-state index >= 15 is 0 Å². The van der Waals surface area contributed by atoms with E-state index in [-0.39, 0.29) is 35.3 Å². The SMILES string of the molecule is C[C@H]1SCC(=O)N(CC(=O)NCc2ccccc2)C1=O. The first-order valence-electron chi connectivity index (χ1n) is 6.34. The Bertz CT molecular complexity index is 518. The van der Waals surface area contributed by atoms with Crippen LogP contribution in [0.2, 0.25) is 0 Å². The lowest BCUT2D eigenvalue weighted by atomic mass is 10.2. The molecule has 6 heteroatoms. The molecule has 106 valence electrons. The monoisotopic (exact) mass is 292 g/mol.